The highest BCUT2D eigenvalue weighted by atomic mass is 35.5. The fraction of sp³-hybridized carbons (Fsp3) is 0.143. The number of anilines is 1. The first-order valence-corrected chi connectivity index (χ1v) is 5.88. The Labute approximate surface area is 110 Å². The summed E-state index contributed by atoms with van der Waals surface area (Å²) in [7, 11) is 0. The lowest BCUT2D eigenvalue weighted by Crippen LogP contribution is -2.02. The standard InChI is InChI=1S/C14H13ClFNO/c1-9-10(4-2-7-13(9)17)8-18-14-11(15)5-3-6-12(14)16/h2-7H,8,17H2,1H3. The topological polar surface area (TPSA) is 35.2 Å². The first kappa shape index (κ1) is 12.7. The molecule has 0 heterocycles. The van der Waals surface area contributed by atoms with Crippen LogP contribution in [0.5, 0.6) is 5.75 Å². The van der Waals surface area contributed by atoms with Gasteiger partial charge in [0.15, 0.2) is 11.6 Å². The Kier molecular flexibility index (Phi) is 3.72. The minimum Gasteiger partial charge on any atom is -0.484 e. The van der Waals surface area contributed by atoms with E-state index in [0.29, 0.717) is 5.69 Å². The van der Waals surface area contributed by atoms with E-state index in [9.17, 15) is 4.39 Å². The Morgan fingerprint density at radius 3 is 2.67 bits per heavy atom. The zero-order valence-electron chi connectivity index (χ0n) is 9.91. The van der Waals surface area contributed by atoms with Crippen molar-refractivity contribution in [1.82, 2.24) is 0 Å². The molecule has 4 heteroatoms. The third-order valence-electron chi connectivity index (χ3n) is 2.78. The maximum Gasteiger partial charge on any atom is 0.174 e. The largest absolute Gasteiger partial charge is 0.484 e. The summed E-state index contributed by atoms with van der Waals surface area (Å²) in [6.07, 6.45) is 0. The first-order valence-electron chi connectivity index (χ1n) is 5.50. The van der Waals surface area contributed by atoms with Crippen LogP contribution < -0.4 is 10.5 Å². The number of ether oxygens (including phenoxy) is 1. The summed E-state index contributed by atoms with van der Waals surface area (Å²) in [5.41, 5.74) is 8.33. The molecule has 2 N–H and O–H groups in total. The summed E-state index contributed by atoms with van der Waals surface area (Å²) in [6.45, 7) is 2.13. The molecule has 0 radical (unpaired) electrons. The summed E-state index contributed by atoms with van der Waals surface area (Å²) < 4.78 is 18.9. The zero-order chi connectivity index (χ0) is 13.1. The van der Waals surface area contributed by atoms with E-state index in [4.69, 9.17) is 22.1 Å². The van der Waals surface area contributed by atoms with Crippen molar-refractivity contribution in [2.24, 2.45) is 0 Å². The van der Waals surface area contributed by atoms with Crippen LogP contribution in [0.1, 0.15) is 11.1 Å². The molecular weight excluding hydrogens is 253 g/mol. The fourth-order valence-corrected chi connectivity index (χ4v) is 1.85. The number of rotatable bonds is 3. The van der Waals surface area contributed by atoms with Crippen molar-refractivity contribution in [1.29, 1.82) is 0 Å². The molecule has 2 aromatic carbocycles. The van der Waals surface area contributed by atoms with Gasteiger partial charge in [-0.15, -0.1) is 0 Å². The third kappa shape index (κ3) is 2.57. The molecule has 0 aromatic heterocycles. The summed E-state index contributed by atoms with van der Waals surface area (Å²) in [4.78, 5) is 0. The maximum absolute atomic E-state index is 13.5. The number of nitrogens with two attached hydrogens (primary N) is 1. The minimum atomic E-state index is -0.468. The molecule has 0 aliphatic carbocycles. The van der Waals surface area contributed by atoms with Crippen LogP contribution >= 0.6 is 11.6 Å². The molecular formula is C14H13ClFNO. The number of halogens is 2. The molecule has 0 bridgehead atoms. The van der Waals surface area contributed by atoms with Crippen LogP contribution in [-0.2, 0) is 6.61 Å². The average molecular weight is 266 g/mol. The number of para-hydroxylation sites is 1. The van der Waals surface area contributed by atoms with E-state index in [1.807, 2.05) is 25.1 Å². The molecule has 0 saturated heterocycles. The minimum absolute atomic E-state index is 0.0704. The van der Waals surface area contributed by atoms with E-state index < -0.39 is 5.82 Å². The van der Waals surface area contributed by atoms with Crippen LogP contribution in [0.2, 0.25) is 5.02 Å². The van der Waals surface area contributed by atoms with Gasteiger partial charge in [-0.2, -0.15) is 0 Å². The van der Waals surface area contributed by atoms with E-state index >= 15 is 0 Å². The second-order valence-corrected chi connectivity index (χ2v) is 4.38. The van der Waals surface area contributed by atoms with E-state index in [1.165, 1.54) is 12.1 Å². The van der Waals surface area contributed by atoms with Crippen molar-refractivity contribution in [3.8, 4) is 5.75 Å². The van der Waals surface area contributed by atoms with Crippen LogP contribution in [0.3, 0.4) is 0 Å². The molecule has 0 amide bonds. The predicted octanol–water partition coefficient (Wildman–Crippen LogP) is 3.95. The lowest BCUT2D eigenvalue weighted by Gasteiger charge is -2.11. The molecule has 0 atom stereocenters. The molecule has 0 unspecified atom stereocenters. The summed E-state index contributed by atoms with van der Waals surface area (Å²) in [6, 6.07) is 9.98. The molecule has 2 rings (SSSR count). The van der Waals surface area contributed by atoms with Crippen molar-refractivity contribution < 1.29 is 9.13 Å². The van der Waals surface area contributed by atoms with Crippen LogP contribution in [0.4, 0.5) is 10.1 Å². The Morgan fingerprint density at radius 2 is 1.94 bits per heavy atom. The van der Waals surface area contributed by atoms with Crippen molar-refractivity contribution in [2.75, 3.05) is 5.73 Å². The lowest BCUT2D eigenvalue weighted by molar-refractivity contribution is 0.290. The zero-order valence-corrected chi connectivity index (χ0v) is 10.7. The van der Waals surface area contributed by atoms with Crippen LogP contribution in [0.15, 0.2) is 36.4 Å². The second-order valence-electron chi connectivity index (χ2n) is 3.97. The molecule has 0 aliphatic heterocycles. The van der Waals surface area contributed by atoms with Gasteiger partial charge in [-0.3, -0.25) is 0 Å². The van der Waals surface area contributed by atoms with E-state index in [0.717, 1.165) is 11.1 Å². The van der Waals surface area contributed by atoms with E-state index in [1.54, 1.807) is 6.07 Å². The monoisotopic (exact) mass is 265 g/mol. The number of nitrogen functional groups attached to an aromatic ring is 1. The molecule has 18 heavy (non-hydrogen) atoms. The maximum atomic E-state index is 13.5. The van der Waals surface area contributed by atoms with Crippen molar-refractivity contribution in [2.45, 2.75) is 13.5 Å². The van der Waals surface area contributed by atoms with Gasteiger partial charge in [0.2, 0.25) is 0 Å². The summed E-state index contributed by atoms with van der Waals surface area (Å²) >= 11 is 5.88. The number of hydrogen-bond donors (Lipinski definition) is 1. The molecule has 0 fully saturated rings. The molecule has 2 aromatic rings. The molecule has 0 aliphatic rings. The van der Waals surface area contributed by atoms with Gasteiger partial charge in [0.25, 0.3) is 0 Å². The fourth-order valence-electron chi connectivity index (χ4n) is 1.63. The van der Waals surface area contributed by atoms with Gasteiger partial charge in [-0.05, 0) is 36.2 Å². The average Bonchev–Trinajstić information content (AvgIpc) is 2.33. The Hall–Kier alpha value is -1.74. The molecule has 0 spiro atoms. The first-order chi connectivity index (χ1) is 8.59. The van der Waals surface area contributed by atoms with Gasteiger partial charge in [-0.25, -0.2) is 4.39 Å². The molecule has 0 saturated carbocycles. The van der Waals surface area contributed by atoms with Crippen LogP contribution in [-0.4, -0.2) is 0 Å². The highest BCUT2D eigenvalue weighted by Crippen LogP contribution is 2.28. The van der Waals surface area contributed by atoms with Gasteiger partial charge in [0.05, 0.1) is 5.02 Å². The third-order valence-corrected chi connectivity index (χ3v) is 3.08. The number of benzene rings is 2. The van der Waals surface area contributed by atoms with E-state index in [-0.39, 0.29) is 17.4 Å². The second kappa shape index (κ2) is 5.27. The highest BCUT2D eigenvalue weighted by molar-refractivity contribution is 6.32. The van der Waals surface area contributed by atoms with E-state index in [2.05, 4.69) is 0 Å². The Bertz CT molecular complexity index is 551. The van der Waals surface area contributed by atoms with Crippen molar-refractivity contribution in [3.63, 3.8) is 0 Å². The van der Waals surface area contributed by atoms with Gasteiger partial charge < -0.3 is 10.5 Å². The van der Waals surface area contributed by atoms with Crippen molar-refractivity contribution in [3.05, 3.63) is 58.4 Å². The smallest absolute Gasteiger partial charge is 0.174 e. The normalized spacial score (nSPS) is 10.4. The SMILES string of the molecule is Cc1c(N)cccc1COc1c(F)cccc1Cl. The van der Waals surface area contributed by atoms with Gasteiger partial charge >= 0.3 is 0 Å². The van der Waals surface area contributed by atoms with Crippen LogP contribution in [0.25, 0.3) is 0 Å². The molecule has 94 valence electrons. The highest BCUT2D eigenvalue weighted by Gasteiger charge is 2.09. The van der Waals surface area contributed by atoms with Crippen molar-refractivity contribution >= 4 is 17.3 Å². The quantitative estimate of drug-likeness (QED) is 0.853. The molecule has 2 nitrogen and oxygen atoms in total. The van der Waals surface area contributed by atoms with Gasteiger partial charge in [-0.1, -0.05) is 29.8 Å². The van der Waals surface area contributed by atoms with Crippen LogP contribution in [0, 0.1) is 12.7 Å². The summed E-state index contributed by atoms with van der Waals surface area (Å²) in [5.74, 6) is -0.398. The lowest BCUT2D eigenvalue weighted by atomic mass is 10.1. The Morgan fingerprint density at radius 1 is 1.22 bits per heavy atom. The van der Waals surface area contributed by atoms with Gasteiger partial charge in [0.1, 0.15) is 6.61 Å². The summed E-state index contributed by atoms with van der Waals surface area (Å²) in [5, 5.41) is 0.261. The predicted molar refractivity (Wildman–Crippen MR) is 71.3 cm³/mol. The number of hydrogen-bond acceptors (Lipinski definition) is 2. The Balaban J connectivity index is 2.19. The van der Waals surface area contributed by atoms with Gasteiger partial charge in [0, 0.05) is 5.69 Å².